The lowest BCUT2D eigenvalue weighted by Crippen LogP contribution is -2.05. The minimum Gasteiger partial charge on any atom is -0.340 e. The van der Waals surface area contributed by atoms with Crippen LogP contribution in [0.4, 0.5) is 31.9 Å². The third kappa shape index (κ3) is 4.09. The van der Waals surface area contributed by atoms with Gasteiger partial charge in [-0.25, -0.2) is 13.8 Å². The van der Waals surface area contributed by atoms with E-state index < -0.39 is 11.6 Å². The lowest BCUT2D eigenvalue weighted by atomic mass is 10.1. The minimum atomic E-state index is -0.700. The Morgan fingerprint density at radius 3 is 2.08 bits per heavy atom. The molecule has 0 unspecified atom stereocenters. The molecule has 0 atom stereocenters. The molecule has 1 heterocycles. The molecule has 0 radical (unpaired) electrons. The number of rotatable bonds is 4. The molecule has 0 bridgehead atoms. The summed E-state index contributed by atoms with van der Waals surface area (Å²) in [6.45, 7) is 5.81. The fourth-order valence-corrected chi connectivity index (χ4v) is 2.61. The van der Waals surface area contributed by atoms with Gasteiger partial charge in [0.05, 0.1) is 0 Å². The van der Waals surface area contributed by atoms with Crippen LogP contribution in [0.15, 0.2) is 42.5 Å². The van der Waals surface area contributed by atoms with Crippen molar-refractivity contribution in [1.29, 1.82) is 0 Å². The Balaban J connectivity index is 1.90. The second-order valence-electron chi connectivity index (χ2n) is 5.94. The van der Waals surface area contributed by atoms with Crippen LogP contribution in [-0.4, -0.2) is 9.97 Å². The van der Waals surface area contributed by atoms with Crippen LogP contribution in [0.1, 0.15) is 16.8 Å². The van der Waals surface area contributed by atoms with E-state index in [0.29, 0.717) is 11.5 Å². The Morgan fingerprint density at radius 2 is 1.44 bits per heavy atom. The maximum Gasteiger partial charge on any atom is 0.229 e. The van der Waals surface area contributed by atoms with Crippen molar-refractivity contribution in [3.8, 4) is 0 Å². The Hall–Kier alpha value is -3.02. The van der Waals surface area contributed by atoms with Crippen LogP contribution in [-0.2, 0) is 0 Å². The zero-order valence-corrected chi connectivity index (χ0v) is 14.2. The largest absolute Gasteiger partial charge is 0.340 e. The molecule has 25 heavy (non-hydrogen) atoms. The number of aromatic nitrogens is 2. The fourth-order valence-electron chi connectivity index (χ4n) is 2.61. The summed E-state index contributed by atoms with van der Waals surface area (Å²) in [4.78, 5) is 8.49. The summed E-state index contributed by atoms with van der Waals surface area (Å²) in [6, 6.07) is 11.5. The molecule has 0 fully saturated rings. The number of benzene rings is 2. The van der Waals surface area contributed by atoms with E-state index in [1.54, 1.807) is 13.0 Å². The molecule has 0 saturated carbocycles. The van der Waals surface area contributed by atoms with Crippen LogP contribution in [0.3, 0.4) is 0 Å². The van der Waals surface area contributed by atoms with Gasteiger partial charge >= 0.3 is 0 Å². The van der Waals surface area contributed by atoms with Gasteiger partial charge in [-0.3, -0.25) is 0 Å². The summed E-state index contributed by atoms with van der Waals surface area (Å²) >= 11 is 0. The van der Waals surface area contributed by atoms with Crippen LogP contribution >= 0.6 is 0 Å². The van der Waals surface area contributed by atoms with E-state index in [4.69, 9.17) is 0 Å². The smallest absolute Gasteiger partial charge is 0.229 e. The number of hydrogen-bond donors (Lipinski definition) is 2. The third-order valence-electron chi connectivity index (χ3n) is 3.55. The molecule has 0 aliphatic rings. The first-order valence-electron chi connectivity index (χ1n) is 7.83. The summed E-state index contributed by atoms with van der Waals surface area (Å²) in [6.07, 6.45) is 0. The predicted octanol–water partition coefficient (Wildman–Crippen LogP) is 5.17. The number of halogens is 2. The molecule has 0 aliphatic carbocycles. The monoisotopic (exact) mass is 340 g/mol. The first-order chi connectivity index (χ1) is 11.9. The first kappa shape index (κ1) is 16.8. The molecule has 2 aromatic carbocycles. The highest BCUT2D eigenvalue weighted by Gasteiger charge is 2.11. The van der Waals surface area contributed by atoms with Crippen LogP contribution in [0, 0.1) is 32.4 Å². The Bertz CT molecular complexity index is 885. The molecule has 0 spiro atoms. The summed E-state index contributed by atoms with van der Waals surface area (Å²) < 4.78 is 27.6. The van der Waals surface area contributed by atoms with E-state index in [-0.39, 0.29) is 11.6 Å². The average molecular weight is 340 g/mol. The highest BCUT2D eigenvalue weighted by molar-refractivity contribution is 5.61. The maximum atomic E-state index is 13.8. The molecule has 6 heteroatoms. The van der Waals surface area contributed by atoms with Crippen molar-refractivity contribution < 1.29 is 8.78 Å². The van der Waals surface area contributed by atoms with Gasteiger partial charge in [-0.05, 0) is 56.2 Å². The second kappa shape index (κ2) is 6.84. The van der Waals surface area contributed by atoms with Gasteiger partial charge in [0, 0.05) is 17.4 Å². The molecule has 1 aromatic heterocycles. The molecular weight excluding hydrogens is 322 g/mol. The lowest BCUT2D eigenvalue weighted by Gasteiger charge is -2.12. The van der Waals surface area contributed by atoms with E-state index >= 15 is 0 Å². The van der Waals surface area contributed by atoms with Crippen molar-refractivity contribution in [2.45, 2.75) is 20.8 Å². The molecule has 0 amide bonds. The average Bonchev–Trinajstić information content (AvgIpc) is 2.49. The number of nitrogens with one attached hydrogen (secondary N) is 2. The third-order valence-corrected chi connectivity index (χ3v) is 3.55. The Kier molecular flexibility index (Phi) is 4.61. The standard InChI is InChI=1S/C19H18F2N4/c1-11-7-12(2)9-14(8-11)23-17-10-13(3)22-19(24-17)25-18-15(20)5-4-6-16(18)21/h4-10H,1-3H3,(H2,22,23,24,25). The van der Waals surface area contributed by atoms with Crippen LogP contribution < -0.4 is 10.6 Å². The van der Waals surface area contributed by atoms with E-state index in [1.165, 1.54) is 18.2 Å². The minimum absolute atomic E-state index is 0.121. The molecule has 3 rings (SSSR count). The molecular formula is C19H18F2N4. The molecule has 0 aliphatic heterocycles. The Morgan fingerprint density at radius 1 is 0.800 bits per heavy atom. The fraction of sp³-hybridized carbons (Fsp3) is 0.158. The normalized spacial score (nSPS) is 10.6. The molecule has 2 N–H and O–H groups in total. The quantitative estimate of drug-likeness (QED) is 0.688. The molecule has 0 saturated heterocycles. The van der Waals surface area contributed by atoms with E-state index in [1.807, 2.05) is 26.0 Å². The highest BCUT2D eigenvalue weighted by Crippen LogP contribution is 2.24. The summed E-state index contributed by atoms with van der Waals surface area (Å²) in [5.41, 5.74) is 3.53. The lowest BCUT2D eigenvalue weighted by molar-refractivity contribution is 0.590. The molecule has 128 valence electrons. The van der Waals surface area contributed by atoms with Crippen molar-refractivity contribution in [2.24, 2.45) is 0 Å². The maximum absolute atomic E-state index is 13.8. The SMILES string of the molecule is Cc1cc(C)cc(Nc2cc(C)nc(Nc3c(F)cccc3F)n2)c1. The van der Waals surface area contributed by atoms with Gasteiger partial charge in [-0.15, -0.1) is 0 Å². The van der Waals surface area contributed by atoms with Crippen LogP contribution in [0.5, 0.6) is 0 Å². The van der Waals surface area contributed by atoms with Crippen LogP contribution in [0.25, 0.3) is 0 Å². The molecule has 4 nitrogen and oxygen atoms in total. The topological polar surface area (TPSA) is 49.8 Å². The van der Waals surface area contributed by atoms with E-state index in [0.717, 1.165) is 16.8 Å². The van der Waals surface area contributed by atoms with Crippen LogP contribution in [0.2, 0.25) is 0 Å². The van der Waals surface area contributed by atoms with Gasteiger partial charge in [0.2, 0.25) is 5.95 Å². The second-order valence-corrected chi connectivity index (χ2v) is 5.94. The summed E-state index contributed by atoms with van der Waals surface area (Å²) in [5.74, 6) is -0.740. The van der Waals surface area contributed by atoms with Gasteiger partial charge in [-0.2, -0.15) is 4.98 Å². The number of hydrogen-bond acceptors (Lipinski definition) is 4. The summed E-state index contributed by atoms with van der Waals surface area (Å²) in [5, 5.41) is 5.82. The zero-order valence-electron chi connectivity index (χ0n) is 14.2. The van der Waals surface area contributed by atoms with Crippen molar-refractivity contribution in [3.05, 3.63) is 70.9 Å². The summed E-state index contributed by atoms with van der Waals surface area (Å²) in [7, 11) is 0. The molecule has 3 aromatic rings. The Labute approximate surface area is 145 Å². The van der Waals surface area contributed by atoms with Gasteiger partial charge in [0.15, 0.2) is 0 Å². The van der Waals surface area contributed by atoms with E-state index in [9.17, 15) is 8.78 Å². The van der Waals surface area contributed by atoms with Gasteiger partial charge in [0.1, 0.15) is 23.1 Å². The van der Waals surface area contributed by atoms with Gasteiger partial charge in [0.25, 0.3) is 0 Å². The van der Waals surface area contributed by atoms with Crippen molar-refractivity contribution >= 4 is 23.1 Å². The zero-order chi connectivity index (χ0) is 18.0. The van der Waals surface area contributed by atoms with Crippen molar-refractivity contribution in [2.75, 3.05) is 10.6 Å². The van der Waals surface area contributed by atoms with Crippen molar-refractivity contribution in [1.82, 2.24) is 9.97 Å². The number of anilines is 4. The predicted molar refractivity (Wildman–Crippen MR) is 95.6 cm³/mol. The van der Waals surface area contributed by atoms with E-state index in [2.05, 4.69) is 26.7 Å². The first-order valence-corrected chi connectivity index (χ1v) is 7.83. The number of nitrogens with zero attached hydrogens (tertiary/aromatic N) is 2. The number of aryl methyl sites for hydroxylation is 3. The number of para-hydroxylation sites is 1. The van der Waals surface area contributed by atoms with Gasteiger partial charge in [-0.1, -0.05) is 12.1 Å². The highest BCUT2D eigenvalue weighted by atomic mass is 19.1. The van der Waals surface area contributed by atoms with Crippen molar-refractivity contribution in [3.63, 3.8) is 0 Å². The van der Waals surface area contributed by atoms with Gasteiger partial charge < -0.3 is 10.6 Å².